The Balaban J connectivity index is 0.00000420. The summed E-state index contributed by atoms with van der Waals surface area (Å²) in [6.45, 7) is 2.22. The van der Waals surface area contributed by atoms with E-state index >= 15 is 0 Å². The summed E-state index contributed by atoms with van der Waals surface area (Å²) in [4.78, 5) is -0.364. The van der Waals surface area contributed by atoms with Crippen LogP contribution in [0, 0.1) is 0 Å². The average molecular weight is 429 g/mol. The Kier molecular flexibility index (Phi) is 11.9. The molecule has 1 N–H and O–H groups in total. The molecule has 0 radical (unpaired) electrons. The fourth-order valence-corrected chi connectivity index (χ4v) is 3.58. The van der Waals surface area contributed by atoms with Gasteiger partial charge in [-0.25, -0.2) is 0 Å². The van der Waals surface area contributed by atoms with Crippen molar-refractivity contribution >= 4 is 10.1 Å². The minimum absolute atomic E-state index is 0. The summed E-state index contributed by atoms with van der Waals surface area (Å²) in [5.74, 6) is -0.0955. The van der Waals surface area contributed by atoms with Gasteiger partial charge in [0, 0.05) is 6.07 Å². The number of hydrogen-bond donors (Lipinski definition) is 1. The van der Waals surface area contributed by atoms with E-state index in [9.17, 15) is 13.5 Å². The van der Waals surface area contributed by atoms with Crippen molar-refractivity contribution in [3.8, 4) is 17.2 Å². The molecule has 0 aromatic heterocycles. The third kappa shape index (κ3) is 9.53. The largest absolute Gasteiger partial charge is 1.00 e. The van der Waals surface area contributed by atoms with Gasteiger partial charge in [-0.1, -0.05) is 75.8 Å². The molecule has 7 heteroatoms. The summed E-state index contributed by atoms with van der Waals surface area (Å²) in [7, 11) is -4.39. The van der Waals surface area contributed by atoms with Gasteiger partial charge in [0.2, 0.25) is 0 Å². The van der Waals surface area contributed by atoms with Gasteiger partial charge in [0.15, 0.2) is 0 Å². The first-order chi connectivity index (χ1) is 13.4. The van der Waals surface area contributed by atoms with Gasteiger partial charge in [0.25, 0.3) is 10.1 Å². The summed E-state index contributed by atoms with van der Waals surface area (Å²) in [6, 6.07) is 10.6. The molecule has 0 aliphatic carbocycles. The predicted octanol–water partition coefficient (Wildman–Crippen LogP) is 2.49. The molecule has 154 valence electrons. The van der Waals surface area contributed by atoms with Crippen molar-refractivity contribution in [2.24, 2.45) is 0 Å². The Labute approximate surface area is 196 Å². The summed E-state index contributed by atoms with van der Waals surface area (Å²) in [6.07, 6.45) is 11.0. The molecule has 0 bridgehead atoms. The molecular formula is C22H29NaO5S. The van der Waals surface area contributed by atoms with Crippen LogP contribution >= 0.6 is 0 Å². The number of ether oxygens (including phenoxy) is 1. The normalized spacial score (nSPS) is 11.1. The molecule has 29 heavy (non-hydrogen) atoms. The first kappa shape index (κ1) is 26.0. The Morgan fingerprint density at radius 3 is 2.24 bits per heavy atom. The minimum atomic E-state index is -4.39. The van der Waals surface area contributed by atoms with Crippen molar-refractivity contribution < 1.29 is 52.4 Å². The van der Waals surface area contributed by atoms with E-state index in [1.165, 1.54) is 44.9 Å². The molecule has 0 amide bonds. The van der Waals surface area contributed by atoms with Crippen LogP contribution in [0.2, 0.25) is 0 Å². The molecule has 5 nitrogen and oxygen atoms in total. The van der Waals surface area contributed by atoms with E-state index in [1.807, 2.05) is 18.2 Å². The molecule has 0 fully saturated rings. The van der Waals surface area contributed by atoms with Gasteiger partial charge in [-0.3, -0.25) is 4.55 Å². The SMILES string of the molecule is CCCCCCCCCCc1cccc(Oc2cc(S(=O)(=O)O)ccc2[O-])c1.[Na+]. The maximum absolute atomic E-state index is 11.9. The third-order valence-electron chi connectivity index (χ3n) is 4.66. The number of aryl methyl sites for hydroxylation is 1. The van der Waals surface area contributed by atoms with Crippen LogP contribution in [0.3, 0.4) is 0 Å². The van der Waals surface area contributed by atoms with Gasteiger partial charge < -0.3 is 9.84 Å². The Bertz CT molecular complexity index is 852. The third-order valence-corrected chi connectivity index (χ3v) is 5.51. The van der Waals surface area contributed by atoms with Crippen LogP contribution in [-0.2, 0) is 16.5 Å². The maximum Gasteiger partial charge on any atom is 1.00 e. The van der Waals surface area contributed by atoms with Crippen molar-refractivity contribution in [3.05, 3.63) is 48.0 Å². The number of rotatable bonds is 12. The number of hydrogen-bond acceptors (Lipinski definition) is 4. The van der Waals surface area contributed by atoms with E-state index in [0.717, 1.165) is 36.6 Å². The van der Waals surface area contributed by atoms with Gasteiger partial charge >= 0.3 is 29.6 Å². The second-order valence-corrected chi connectivity index (χ2v) is 8.48. The predicted molar refractivity (Wildman–Crippen MR) is 109 cm³/mol. The van der Waals surface area contributed by atoms with E-state index in [2.05, 4.69) is 6.92 Å². The topological polar surface area (TPSA) is 86.7 Å². The van der Waals surface area contributed by atoms with Gasteiger partial charge in [-0.2, -0.15) is 8.42 Å². The molecule has 2 aromatic rings. The van der Waals surface area contributed by atoms with Crippen LogP contribution in [0.1, 0.15) is 63.9 Å². The van der Waals surface area contributed by atoms with Crippen molar-refractivity contribution in [3.63, 3.8) is 0 Å². The van der Waals surface area contributed by atoms with Crippen LogP contribution in [0.25, 0.3) is 0 Å². The molecule has 0 aliphatic heterocycles. The summed E-state index contributed by atoms with van der Waals surface area (Å²) in [5, 5.41) is 11.9. The molecule has 0 aliphatic rings. The molecular weight excluding hydrogens is 399 g/mol. The van der Waals surface area contributed by atoms with Gasteiger partial charge in [0.1, 0.15) is 11.5 Å². The van der Waals surface area contributed by atoms with Crippen molar-refractivity contribution in [1.29, 1.82) is 0 Å². The van der Waals surface area contributed by atoms with Crippen LogP contribution < -0.4 is 39.4 Å². The molecule has 2 rings (SSSR count). The second kappa shape index (κ2) is 13.3. The summed E-state index contributed by atoms with van der Waals surface area (Å²) in [5.41, 5.74) is 1.11. The van der Waals surface area contributed by atoms with Crippen LogP contribution in [0.15, 0.2) is 47.4 Å². The minimum Gasteiger partial charge on any atom is -0.870 e. The maximum atomic E-state index is 11.9. The summed E-state index contributed by atoms with van der Waals surface area (Å²) < 4.78 is 37.2. The van der Waals surface area contributed by atoms with Gasteiger partial charge in [0.05, 0.1) is 4.90 Å². The molecule has 0 atom stereocenters. The van der Waals surface area contributed by atoms with E-state index in [-0.39, 0.29) is 40.2 Å². The molecule has 0 saturated heterocycles. The van der Waals surface area contributed by atoms with Crippen molar-refractivity contribution in [2.75, 3.05) is 0 Å². The molecule has 0 saturated carbocycles. The zero-order chi connectivity index (χ0) is 20.4. The Hall–Kier alpha value is -1.05. The Morgan fingerprint density at radius 2 is 1.59 bits per heavy atom. The zero-order valence-electron chi connectivity index (χ0n) is 17.4. The first-order valence-electron chi connectivity index (χ1n) is 9.95. The van der Waals surface area contributed by atoms with Crippen LogP contribution in [0.5, 0.6) is 17.2 Å². The van der Waals surface area contributed by atoms with E-state index < -0.39 is 15.9 Å². The monoisotopic (exact) mass is 428 g/mol. The van der Waals surface area contributed by atoms with E-state index in [0.29, 0.717) is 5.75 Å². The fraction of sp³-hybridized carbons (Fsp3) is 0.455. The average Bonchev–Trinajstić information content (AvgIpc) is 2.65. The molecule has 0 unspecified atom stereocenters. The van der Waals surface area contributed by atoms with Gasteiger partial charge in [-0.15, -0.1) is 0 Å². The molecule has 0 spiro atoms. The van der Waals surface area contributed by atoms with Crippen LogP contribution in [-0.4, -0.2) is 13.0 Å². The number of unbranched alkanes of at least 4 members (excludes halogenated alkanes) is 7. The van der Waals surface area contributed by atoms with Crippen LogP contribution in [0.4, 0.5) is 0 Å². The quantitative estimate of drug-likeness (QED) is 0.319. The first-order valence-corrected chi connectivity index (χ1v) is 11.4. The van der Waals surface area contributed by atoms with Gasteiger partial charge in [-0.05, 0) is 36.6 Å². The van der Waals surface area contributed by atoms with Crippen molar-refractivity contribution in [2.45, 2.75) is 69.6 Å². The second-order valence-electron chi connectivity index (χ2n) is 7.06. The smallest absolute Gasteiger partial charge is 0.870 e. The molecule has 0 heterocycles. The standard InChI is InChI=1S/C22H30O5S.Na/c1-2-3-4-5-6-7-8-9-11-18-12-10-13-19(16-18)27-22-17-20(28(24,25)26)14-15-21(22)23;/h10,12-17,23H,2-9,11H2,1H3,(H,24,25,26);/q;+1/p-1. The zero-order valence-corrected chi connectivity index (χ0v) is 20.2. The van der Waals surface area contributed by atoms with E-state index in [1.54, 1.807) is 6.07 Å². The van der Waals surface area contributed by atoms with E-state index in [4.69, 9.17) is 9.29 Å². The van der Waals surface area contributed by atoms with Crippen molar-refractivity contribution in [1.82, 2.24) is 0 Å². The number of benzene rings is 2. The fourth-order valence-electron chi connectivity index (χ4n) is 3.08. The Morgan fingerprint density at radius 1 is 0.931 bits per heavy atom. The molecule has 2 aromatic carbocycles. The summed E-state index contributed by atoms with van der Waals surface area (Å²) >= 11 is 0.